The van der Waals surface area contributed by atoms with Crippen LogP contribution in [0.3, 0.4) is 0 Å². The molecule has 0 aromatic heterocycles. The summed E-state index contributed by atoms with van der Waals surface area (Å²) in [6, 6.07) is 0.547. The number of hydrogen-bond donors (Lipinski definition) is 2. The highest BCUT2D eigenvalue weighted by Gasteiger charge is 2.26. The van der Waals surface area contributed by atoms with Crippen molar-refractivity contribution in [3.05, 3.63) is 0 Å². The Hall–Kier alpha value is -0.0800. The van der Waals surface area contributed by atoms with Crippen molar-refractivity contribution in [2.45, 2.75) is 65.5 Å². The second kappa shape index (κ2) is 6.41. The summed E-state index contributed by atoms with van der Waals surface area (Å²) in [5.74, 6) is 0.351. The van der Waals surface area contributed by atoms with Crippen LogP contribution in [0.15, 0.2) is 0 Å². The van der Waals surface area contributed by atoms with E-state index in [0.29, 0.717) is 18.5 Å². The molecule has 0 rings (SSSR count). The van der Waals surface area contributed by atoms with Gasteiger partial charge < -0.3 is 10.4 Å². The van der Waals surface area contributed by atoms with Crippen LogP contribution in [0.25, 0.3) is 0 Å². The van der Waals surface area contributed by atoms with Crippen LogP contribution in [0.5, 0.6) is 0 Å². The molecule has 0 spiro atoms. The number of rotatable bonds is 7. The molecule has 2 N–H and O–H groups in total. The zero-order valence-electron chi connectivity index (χ0n) is 10.4. The molecular weight excluding hydrogens is 174 g/mol. The number of hydrogen-bond acceptors (Lipinski definition) is 2. The first-order valence-corrected chi connectivity index (χ1v) is 5.93. The molecule has 0 amide bonds. The van der Waals surface area contributed by atoms with E-state index in [1.54, 1.807) is 0 Å². The van der Waals surface area contributed by atoms with Crippen molar-refractivity contribution < 1.29 is 5.11 Å². The average molecular weight is 201 g/mol. The molecule has 2 nitrogen and oxygen atoms in total. The molecule has 0 aliphatic heterocycles. The smallest absolute Gasteiger partial charge is 0.0768 e. The average Bonchev–Trinajstić information content (AvgIpc) is 2.18. The van der Waals surface area contributed by atoms with Gasteiger partial charge in [-0.2, -0.15) is 0 Å². The maximum absolute atomic E-state index is 10.2. The molecule has 0 heterocycles. The molecule has 2 unspecified atom stereocenters. The van der Waals surface area contributed by atoms with E-state index in [9.17, 15) is 5.11 Å². The Morgan fingerprint density at radius 2 is 1.64 bits per heavy atom. The van der Waals surface area contributed by atoms with Gasteiger partial charge in [-0.15, -0.1) is 0 Å². The summed E-state index contributed by atoms with van der Waals surface area (Å²) in [6.45, 7) is 11.2. The van der Waals surface area contributed by atoms with Crippen LogP contribution < -0.4 is 5.32 Å². The van der Waals surface area contributed by atoms with E-state index in [4.69, 9.17) is 0 Å². The minimum Gasteiger partial charge on any atom is -0.389 e. The SMILES string of the molecule is CCC(CC)NCC(C)(O)C(C)CC. The largest absolute Gasteiger partial charge is 0.389 e. The zero-order chi connectivity index (χ0) is 11.2. The van der Waals surface area contributed by atoms with Crippen LogP contribution in [0, 0.1) is 5.92 Å². The minimum absolute atomic E-state index is 0.351. The predicted octanol–water partition coefficient (Wildman–Crippen LogP) is 2.56. The van der Waals surface area contributed by atoms with Crippen molar-refractivity contribution in [2.75, 3.05) is 6.54 Å². The summed E-state index contributed by atoms with van der Waals surface area (Å²) in [5, 5.41) is 13.6. The number of aliphatic hydroxyl groups is 1. The third-order valence-corrected chi connectivity index (χ3v) is 3.41. The summed E-state index contributed by atoms with van der Waals surface area (Å²) in [5.41, 5.74) is -0.572. The molecule has 0 saturated carbocycles. The molecule has 86 valence electrons. The van der Waals surface area contributed by atoms with Gasteiger partial charge in [0.1, 0.15) is 0 Å². The third-order valence-electron chi connectivity index (χ3n) is 3.41. The van der Waals surface area contributed by atoms with E-state index in [2.05, 4.69) is 33.0 Å². The number of nitrogens with one attached hydrogen (secondary N) is 1. The predicted molar refractivity (Wildman–Crippen MR) is 62.5 cm³/mol. The highest BCUT2D eigenvalue weighted by molar-refractivity contribution is 4.82. The van der Waals surface area contributed by atoms with Crippen LogP contribution in [0.1, 0.15) is 53.9 Å². The molecule has 0 saturated heterocycles. The van der Waals surface area contributed by atoms with Gasteiger partial charge in [-0.05, 0) is 25.7 Å². The van der Waals surface area contributed by atoms with E-state index in [-0.39, 0.29) is 0 Å². The van der Waals surface area contributed by atoms with Crippen LogP contribution >= 0.6 is 0 Å². The molecule has 2 atom stereocenters. The lowest BCUT2D eigenvalue weighted by molar-refractivity contribution is 0.00310. The summed E-state index contributed by atoms with van der Waals surface area (Å²) in [7, 11) is 0. The van der Waals surface area contributed by atoms with Crippen molar-refractivity contribution in [1.82, 2.24) is 5.32 Å². The topological polar surface area (TPSA) is 32.3 Å². The molecule has 2 heteroatoms. The molecular formula is C12H27NO. The van der Waals surface area contributed by atoms with Gasteiger partial charge in [0, 0.05) is 12.6 Å². The standard InChI is InChI=1S/C12H27NO/c1-6-10(4)12(5,14)9-13-11(7-2)8-3/h10-11,13-14H,6-9H2,1-5H3. The van der Waals surface area contributed by atoms with Crippen molar-refractivity contribution in [1.29, 1.82) is 0 Å². The van der Waals surface area contributed by atoms with Gasteiger partial charge in [0.15, 0.2) is 0 Å². The Morgan fingerprint density at radius 3 is 2.00 bits per heavy atom. The molecule has 0 aromatic rings. The van der Waals surface area contributed by atoms with Crippen LogP contribution in [-0.2, 0) is 0 Å². The Kier molecular flexibility index (Phi) is 6.38. The first kappa shape index (κ1) is 13.9. The molecule has 0 fully saturated rings. The summed E-state index contributed by atoms with van der Waals surface area (Å²) in [6.07, 6.45) is 3.29. The van der Waals surface area contributed by atoms with E-state index in [1.165, 1.54) is 0 Å². The lowest BCUT2D eigenvalue weighted by atomic mass is 9.88. The molecule has 0 aliphatic rings. The maximum Gasteiger partial charge on any atom is 0.0768 e. The lowest BCUT2D eigenvalue weighted by Gasteiger charge is -2.31. The van der Waals surface area contributed by atoms with Gasteiger partial charge in [0.2, 0.25) is 0 Å². The van der Waals surface area contributed by atoms with Crippen molar-refractivity contribution in [2.24, 2.45) is 5.92 Å². The fourth-order valence-corrected chi connectivity index (χ4v) is 1.54. The van der Waals surface area contributed by atoms with Crippen LogP contribution in [0.4, 0.5) is 0 Å². The highest BCUT2D eigenvalue weighted by atomic mass is 16.3. The summed E-state index contributed by atoms with van der Waals surface area (Å²) in [4.78, 5) is 0. The minimum atomic E-state index is -0.572. The Labute approximate surface area is 89.1 Å². The van der Waals surface area contributed by atoms with Crippen molar-refractivity contribution in [3.63, 3.8) is 0 Å². The molecule has 0 bridgehead atoms. The van der Waals surface area contributed by atoms with E-state index < -0.39 is 5.60 Å². The Bertz CT molecular complexity index is 141. The second-order valence-electron chi connectivity index (χ2n) is 4.56. The fraction of sp³-hybridized carbons (Fsp3) is 1.00. The van der Waals surface area contributed by atoms with Gasteiger partial charge in [0.25, 0.3) is 0 Å². The monoisotopic (exact) mass is 201 g/mol. The van der Waals surface area contributed by atoms with Crippen LogP contribution in [-0.4, -0.2) is 23.3 Å². The van der Waals surface area contributed by atoms with Crippen molar-refractivity contribution in [3.8, 4) is 0 Å². The lowest BCUT2D eigenvalue weighted by Crippen LogP contribution is -2.46. The maximum atomic E-state index is 10.2. The fourth-order valence-electron chi connectivity index (χ4n) is 1.54. The van der Waals surface area contributed by atoms with Crippen molar-refractivity contribution >= 4 is 0 Å². The molecule has 0 aromatic carbocycles. The van der Waals surface area contributed by atoms with Gasteiger partial charge in [-0.25, -0.2) is 0 Å². The zero-order valence-corrected chi connectivity index (χ0v) is 10.4. The highest BCUT2D eigenvalue weighted by Crippen LogP contribution is 2.19. The summed E-state index contributed by atoms with van der Waals surface area (Å²) >= 11 is 0. The van der Waals surface area contributed by atoms with Gasteiger partial charge in [-0.3, -0.25) is 0 Å². The Morgan fingerprint density at radius 1 is 1.14 bits per heavy atom. The quantitative estimate of drug-likeness (QED) is 0.663. The van der Waals surface area contributed by atoms with Gasteiger partial charge in [-0.1, -0.05) is 34.1 Å². The van der Waals surface area contributed by atoms with Gasteiger partial charge >= 0.3 is 0 Å². The molecule has 0 radical (unpaired) electrons. The molecule has 14 heavy (non-hydrogen) atoms. The third kappa shape index (κ3) is 4.43. The normalized spacial score (nSPS) is 18.2. The summed E-state index contributed by atoms with van der Waals surface area (Å²) < 4.78 is 0. The Balaban J connectivity index is 3.96. The first-order chi connectivity index (χ1) is 6.47. The van der Waals surface area contributed by atoms with E-state index >= 15 is 0 Å². The van der Waals surface area contributed by atoms with Gasteiger partial charge in [0.05, 0.1) is 5.60 Å². The van der Waals surface area contributed by atoms with E-state index in [0.717, 1.165) is 19.3 Å². The molecule has 0 aliphatic carbocycles. The first-order valence-electron chi connectivity index (χ1n) is 5.93. The second-order valence-corrected chi connectivity index (χ2v) is 4.56. The van der Waals surface area contributed by atoms with Crippen LogP contribution in [0.2, 0.25) is 0 Å². The van der Waals surface area contributed by atoms with E-state index in [1.807, 2.05) is 6.92 Å².